The molecule has 140 valence electrons. The zero-order valence-electron chi connectivity index (χ0n) is 15.3. The maximum atomic E-state index is 12.7. The molecule has 5 fully saturated rings. The third-order valence-corrected chi connectivity index (χ3v) is 6.71. The monoisotopic (exact) mass is 349 g/mol. The second-order valence-electron chi connectivity index (χ2n) is 8.71. The van der Waals surface area contributed by atoms with Crippen LogP contribution < -0.4 is 5.32 Å². The highest BCUT2D eigenvalue weighted by Crippen LogP contribution is 2.55. The van der Waals surface area contributed by atoms with Crippen LogP contribution in [0.1, 0.15) is 45.4 Å². The molecule has 2 amide bonds. The molecule has 25 heavy (non-hydrogen) atoms. The van der Waals surface area contributed by atoms with Gasteiger partial charge < -0.3 is 15.0 Å². The highest BCUT2D eigenvalue weighted by atomic mass is 16.6. The highest BCUT2D eigenvalue weighted by molar-refractivity contribution is 5.79. The van der Waals surface area contributed by atoms with Gasteiger partial charge >= 0.3 is 6.09 Å². The maximum absolute atomic E-state index is 12.7. The van der Waals surface area contributed by atoms with Crippen molar-refractivity contribution in [1.29, 1.82) is 0 Å². The van der Waals surface area contributed by atoms with E-state index in [1.807, 2.05) is 6.92 Å². The Morgan fingerprint density at radius 3 is 2.08 bits per heavy atom. The molecule has 4 bridgehead atoms. The lowest BCUT2D eigenvalue weighted by Crippen LogP contribution is -2.61. The molecule has 1 saturated heterocycles. The van der Waals surface area contributed by atoms with Gasteiger partial charge in [-0.25, -0.2) is 4.79 Å². The van der Waals surface area contributed by atoms with Crippen molar-refractivity contribution >= 4 is 12.0 Å². The molecule has 5 rings (SSSR count). The van der Waals surface area contributed by atoms with Crippen LogP contribution in [0.2, 0.25) is 0 Å². The molecule has 0 aromatic heterocycles. The summed E-state index contributed by atoms with van der Waals surface area (Å²) in [7, 11) is 0. The van der Waals surface area contributed by atoms with E-state index in [-0.39, 0.29) is 17.5 Å². The molecule has 6 heteroatoms. The van der Waals surface area contributed by atoms with E-state index in [1.165, 1.54) is 38.5 Å². The van der Waals surface area contributed by atoms with Crippen LogP contribution >= 0.6 is 0 Å². The van der Waals surface area contributed by atoms with Gasteiger partial charge in [-0.2, -0.15) is 0 Å². The number of nitrogens with zero attached hydrogens (tertiary/aromatic N) is 2. The molecule has 0 aromatic rings. The third kappa shape index (κ3) is 3.64. The molecule has 1 heterocycles. The van der Waals surface area contributed by atoms with Crippen molar-refractivity contribution in [3.05, 3.63) is 0 Å². The largest absolute Gasteiger partial charge is 0.450 e. The SMILES string of the molecule is CCOC(=O)N1CCN(CC(=O)NC23CC4CC(CC(C4)C2)C3)CC1. The first-order valence-electron chi connectivity index (χ1n) is 10.0. The Kier molecular flexibility index (Phi) is 4.65. The molecule has 1 N–H and O–H groups in total. The highest BCUT2D eigenvalue weighted by Gasteiger charge is 2.51. The molecular formula is C19H31N3O3. The molecule has 1 aliphatic heterocycles. The second-order valence-corrected chi connectivity index (χ2v) is 8.71. The summed E-state index contributed by atoms with van der Waals surface area (Å²) in [6.45, 7) is 5.46. The quantitative estimate of drug-likeness (QED) is 0.841. The molecule has 0 spiro atoms. The summed E-state index contributed by atoms with van der Waals surface area (Å²) < 4.78 is 5.05. The van der Waals surface area contributed by atoms with Crippen LogP contribution in [0.15, 0.2) is 0 Å². The van der Waals surface area contributed by atoms with Crippen LogP contribution in [0.25, 0.3) is 0 Å². The number of amides is 2. The van der Waals surface area contributed by atoms with Crippen LogP contribution in [0, 0.1) is 17.8 Å². The minimum atomic E-state index is -0.236. The average molecular weight is 349 g/mol. The van der Waals surface area contributed by atoms with Crippen LogP contribution in [-0.4, -0.2) is 66.7 Å². The van der Waals surface area contributed by atoms with Crippen molar-refractivity contribution in [2.45, 2.75) is 51.0 Å². The Bertz CT molecular complexity index is 493. The number of carbonyl (C=O) groups is 2. The molecule has 4 saturated carbocycles. The van der Waals surface area contributed by atoms with E-state index >= 15 is 0 Å². The summed E-state index contributed by atoms with van der Waals surface area (Å²) in [5, 5.41) is 3.44. The van der Waals surface area contributed by atoms with Crippen molar-refractivity contribution in [2.24, 2.45) is 17.8 Å². The van der Waals surface area contributed by atoms with Crippen molar-refractivity contribution in [3.63, 3.8) is 0 Å². The number of ether oxygens (including phenoxy) is 1. The number of hydrogen-bond acceptors (Lipinski definition) is 4. The average Bonchev–Trinajstić information content (AvgIpc) is 2.53. The molecule has 0 aromatic carbocycles. The molecule has 6 nitrogen and oxygen atoms in total. The topological polar surface area (TPSA) is 61.9 Å². The number of piperazine rings is 1. The van der Waals surface area contributed by atoms with Gasteiger partial charge in [0, 0.05) is 31.7 Å². The van der Waals surface area contributed by atoms with Crippen molar-refractivity contribution in [2.75, 3.05) is 39.3 Å². The van der Waals surface area contributed by atoms with E-state index in [0.29, 0.717) is 26.2 Å². The van der Waals surface area contributed by atoms with Gasteiger partial charge in [0.2, 0.25) is 5.91 Å². The summed E-state index contributed by atoms with van der Waals surface area (Å²) in [5.41, 5.74) is 0.0958. The van der Waals surface area contributed by atoms with Crippen LogP contribution in [0.5, 0.6) is 0 Å². The normalized spacial score (nSPS) is 37.2. The lowest BCUT2D eigenvalue weighted by molar-refractivity contribution is -0.128. The third-order valence-electron chi connectivity index (χ3n) is 6.71. The zero-order chi connectivity index (χ0) is 17.4. The van der Waals surface area contributed by atoms with Gasteiger partial charge in [0.05, 0.1) is 13.2 Å². The van der Waals surface area contributed by atoms with Gasteiger partial charge in [-0.1, -0.05) is 0 Å². The van der Waals surface area contributed by atoms with Crippen LogP contribution in [0.4, 0.5) is 4.79 Å². The van der Waals surface area contributed by atoms with Crippen LogP contribution in [-0.2, 0) is 9.53 Å². The van der Waals surface area contributed by atoms with Crippen molar-refractivity contribution in [1.82, 2.24) is 15.1 Å². The molecule has 5 aliphatic rings. The maximum Gasteiger partial charge on any atom is 0.409 e. The molecule has 0 atom stereocenters. The van der Waals surface area contributed by atoms with Gasteiger partial charge in [0.25, 0.3) is 0 Å². The Balaban J connectivity index is 1.26. The summed E-state index contributed by atoms with van der Waals surface area (Å²) in [6.07, 6.45) is 7.53. The van der Waals surface area contributed by atoms with E-state index in [4.69, 9.17) is 4.74 Å². The summed E-state index contributed by atoms with van der Waals surface area (Å²) in [4.78, 5) is 28.3. The summed E-state index contributed by atoms with van der Waals surface area (Å²) in [6, 6.07) is 0. The van der Waals surface area contributed by atoms with Gasteiger partial charge in [-0.05, 0) is 63.2 Å². The number of rotatable bonds is 4. The van der Waals surface area contributed by atoms with Gasteiger partial charge in [-0.15, -0.1) is 0 Å². The first-order valence-corrected chi connectivity index (χ1v) is 10.0. The minimum absolute atomic E-state index is 0.0958. The Morgan fingerprint density at radius 1 is 1.00 bits per heavy atom. The first-order chi connectivity index (χ1) is 12.0. The second kappa shape index (κ2) is 6.78. The lowest BCUT2D eigenvalue weighted by Gasteiger charge is -2.57. The number of nitrogens with one attached hydrogen (secondary N) is 1. The predicted octanol–water partition coefficient (Wildman–Crippen LogP) is 1.85. The lowest BCUT2D eigenvalue weighted by atomic mass is 9.53. The Hall–Kier alpha value is -1.30. The number of hydrogen-bond donors (Lipinski definition) is 1. The van der Waals surface area contributed by atoms with E-state index in [0.717, 1.165) is 30.8 Å². The standard InChI is InChI=1S/C19H31N3O3/c1-2-25-18(24)22-5-3-21(4-6-22)13-17(23)20-19-10-14-7-15(11-19)9-16(8-14)12-19/h14-16H,2-13H2,1H3,(H,20,23). The predicted molar refractivity (Wildman–Crippen MR) is 94.1 cm³/mol. The van der Waals surface area contributed by atoms with Gasteiger partial charge in [-0.3, -0.25) is 9.69 Å². The van der Waals surface area contributed by atoms with Crippen LogP contribution in [0.3, 0.4) is 0 Å². The fourth-order valence-corrected chi connectivity index (χ4v) is 6.11. The van der Waals surface area contributed by atoms with E-state index in [2.05, 4.69) is 10.2 Å². The van der Waals surface area contributed by atoms with Gasteiger partial charge in [0.1, 0.15) is 0 Å². The zero-order valence-corrected chi connectivity index (χ0v) is 15.3. The van der Waals surface area contributed by atoms with E-state index in [9.17, 15) is 9.59 Å². The molecule has 0 unspecified atom stereocenters. The fourth-order valence-electron chi connectivity index (χ4n) is 6.11. The molecular weight excluding hydrogens is 318 g/mol. The first kappa shape index (κ1) is 17.1. The Morgan fingerprint density at radius 2 is 1.56 bits per heavy atom. The fraction of sp³-hybridized carbons (Fsp3) is 0.895. The minimum Gasteiger partial charge on any atom is -0.450 e. The summed E-state index contributed by atoms with van der Waals surface area (Å²) in [5.74, 6) is 2.71. The van der Waals surface area contributed by atoms with E-state index < -0.39 is 0 Å². The Labute approximate surface area is 150 Å². The number of carbonyl (C=O) groups excluding carboxylic acids is 2. The van der Waals surface area contributed by atoms with E-state index in [1.54, 1.807) is 4.90 Å². The smallest absolute Gasteiger partial charge is 0.409 e. The molecule has 0 radical (unpaired) electrons. The van der Waals surface area contributed by atoms with Crippen molar-refractivity contribution in [3.8, 4) is 0 Å². The van der Waals surface area contributed by atoms with Gasteiger partial charge in [0.15, 0.2) is 0 Å². The summed E-state index contributed by atoms with van der Waals surface area (Å²) >= 11 is 0. The molecule has 4 aliphatic carbocycles. The van der Waals surface area contributed by atoms with Crippen molar-refractivity contribution < 1.29 is 14.3 Å².